The highest BCUT2D eigenvalue weighted by molar-refractivity contribution is 7.91. The molecule has 1 N–H and O–H groups in total. The standard InChI is InChI=1S/C9H15F2NO5S/c1-3-17-8(14)9(10,11)7(13)12-5-6-18(15,16)4-2/h3-6H2,1-2H3,(H,12,13). The van der Waals surface area contributed by atoms with Crippen LogP contribution in [0, 0.1) is 0 Å². The summed E-state index contributed by atoms with van der Waals surface area (Å²) in [6.07, 6.45) is 0. The Morgan fingerprint density at radius 2 is 1.83 bits per heavy atom. The van der Waals surface area contributed by atoms with Gasteiger partial charge < -0.3 is 10.1 Å². The molecule has 0 spiro atoms. The zero-order chi connectivity index (χ0) is 14.4. The summed E-state index contributed by atoms with van der Waals surface area (Å²) in [5.74, 6) is -8.76. The lowest BCUT2D eigenvalue weighted by Gasteiger charge is -2.14. The van der Waals surface area contributed by atoms with Gasteiger partial charge in [-0.2, -0.15) is 8.78 Å². The van der Waals surface area contributed by atoms with E-state index >= 15 is 0 Å². The Morgan fingerprint density at radius 1 is 1.28 bits per heavy atom. The molecule has 0 aromatic carbocycles. The van der Waals surface area contributed by atoms with Gasteiger partial charge >= 0.3 is 17.8 Å². The van der Waals surface area contributed by atoms with Gasteiger partial charge in [-0.15, -0.1) is 0 Å². The minimum absolute atomic E-state index is 0.156. The lowest BCUT2D eigenvalue weighted by molar-refractivity contribution is -0.177. The first-order chi connectivity index (χ1) is 8.17. The average Bonchev–Trinajstić information content (AvgIpc) is 2.28. The molecule has 0 saturated heterocycles. The first-order valence-corrected chi connectivity index (χ1v) is 7.03. The Morgan fingerprint density at radius 3 is 2.28 bits per heavy atom. The number of nitrogens with one attached hydrogen (secondary N) is 1. The van der Waals surface area contributed by atoms with Gasteiger partial charge in [0.25, 0.3) is 0 Å². The van der Waals surface area contributed by atoms with Crippen molar-refractivity contribution in [2.45, 2.75) is 19.8 Å². The van der Waals surface area contributed by atoms with Crippen molar-refractivity contribution in [3.8, 4) is 0 Å². The minimum atomic E-state index is -4.31. The number of carbonyl (C=O) groups excluding carboxylic acids is 2. The van der Waals surface area contributed by atoms with E-state index in [2.05, 4.69) is 4.74 Å². The van der Waals surface area contributed by atoms with Crippen LogP contribution in [0.4, 0.5) is 8.78 Å². The summed E-state index contributed by atoms with van der Waals surface area (Å²) in [4.78, 5) is 21.8. The molecule has 1 amide bonds. The maximum atomic E-state index is 13.1. The predicted octanol–water partition coefficient (Wildman–Crippen LogP) is -0.264. The Bertz CT molecular complexity index is 407. The zero-order valence-electron chi connectivity index (χ0n) is 10.0. The summed E-state index contributed by atoms with van der Waals surface area (Å²) in [7, 11) is -3.37. The molecular weight excluding hydrogens is 272 g/mol. The Hall–Kier alpha value is -1.25. The number of halogens is 2. The van der Waals surface area contributed by atoms with Crippen LogP contribution in [0.3, 0.4) is 0 Å². The molecule has 6 nitrogen and oxygen atoms in total. The van der Waals surface area contributed by atoms with E-state index in [1.807, 2.05) is 0 Å². The number of hydrogen-bond donors (Lipinski definition) is 1. The van der Waals surface area contributed by atoms with Crippen LogP contribution in [0.15, 0.2) is 0 Å². The monoisotopic (exact) mass is 287 g/mol. The maximum Gasteiger partial charge on any atom is 0.418 e. The molecule has 0 rings (SSSR count). The molecule has 0 atom stereocenters. The molecule has 0 aliphatic rings. The van der Waals surface area contributed by atoms with Gasteiger partial charge in [0.05, 0.1) is 12.4 Å². The third kappa shape index (κ3) is 4.94. The second kappa shape index (κ2) is 6.62. The van der Waals surface area contributed by atoms with Crippen molar-refractivity contribution in [3.05, 3.63) is 0 Å². The molecule has 106 valence electrons. The molecule has 0 bridgehead atoms. The molecule has 0 aromatic heterocycles. The van der Waals surface area contributed by atoms with Crippen LogP contribution in [0.25, 0.3) is 0 Å². The molecule has 0 radical (unpaired) electrons. The number of sulfone groups is 1. The fourth-order valence-electron chi connectivity index (χ4n) is 0.890. The lowest BCUT2D eigenvalue weighted by atomic mass is 10.3. The van der Waals surface area contributed by atoms with E-state index in [0.717, 1.165) is 0 Å². The number of rotatable bonds is 7. The van der Waals surface area contributed by atoms with Crippen molar-refractivity contribution in [2.75, 3.05) is 24.7 Å². The quantitative estimate of drug-likeness (QED) is 0.514. The first kappa shape index (κ1) is 16.8. The van der Waals surface area contributed by atoms with Crippen molar-refractivity contribution in [1.82, 2.24) is 5.32 Å². The van der Waals surface area contributed by atoms with Gasteiger partial charge in [0.2, 0.25) is 0 Å². The van der Waals surface area contributed by atoms with Crippen LogP contribution >= 0.6 is 0 Å². The molecule has 18 heavy (non-hydrogen) atoms. The van der Waals surface area contributed by atoms with Crippen molar-refractivity contribution < 1.29 is 31.5 Å². The Balaban J connectivity index is 4.37. The highest BCUT2D eigenvalue weighted by Gasteiger charge is 2.48. The van der Waals surface area contributed by atoms with Crippen LogP contribution in [0.5, 0.6) is 0 Å². The first-order valence-electron chi connectivity index (χ1n) is 5.21. The summed E-state index contributed by atoms with van der Waals surface area (Å²) in [5, 5.41) is 1.68. The molecule has 0 saturated carbocycles. The van der Waals surface area contributed by atoms with Gasteiger partial charge in [-0.25, -0.2) is 13.2 Å². The molecule has 0 aliphatic heterocycles. The molecule has 0 heterocycles. The number of alkyl halides is 2. The smallest absolute Gasteiger partial charge is 0.418 e. The van der Waals surface area contributed by atoms with E-state index in [1.165, 1.54) is 13.8 Å². The molecule has 0 unspecified atom stereocenters. The van der Waals surface area contributed by atoms with Crippen LogP contribution in [-0.2, 0) is 24.2 Å². The van der Waals surface area contributed by atoms with Crippen LogP contribution in [0.1, 0.15) is 13.8 Å². The lowest BCUT2D eigenvalue weighted by Crippen LogP contribution is -2.48. The summed E-state index contributed by atoms with van der Waals surface area (Å²) in [6.45, 7) is 1.94. The van der Waals surface area contributed by atoms with Gasteiger partial charge in [0.15, 0.2) is 9.84 Å². The number of amides is 1. The topological polar surface area (TPSA) is 89.5 Å². The third-order valence-corrected chi connectivity index (χ3v) is 3.66. The largest absolute Gasteiger partial charge is 0.461 e. The Labute approximate surface area is 104 Å². The highest BCUT2D eigenvalue weighted by Crippen LogP contribution is 2.15. The molecule has 0 fully saturated rings. The molecule has 0 aliphatic carbocycles. The third-order valence-electron chi connectivity index (χ3n) is 1.96. The fraction of sp³-hybridized carbons (Fsp3) is 0.778. The van der Waals surface area contributed by atoms with Crippen LogP contribution in [-0.4, -0.2) is 50.9 Å². The summed E-state index contributed by atoms with van der Waals surface area (Å²) < 4.78 is 52.2. The second-order valence-electron chi connectivity index (χ2n) is 3.29. The SMILES string of the molecule is CCOC(=O)C(F)(F)C(=O)NCCS(=O)(=O)CC. The predicted molar refractivity (Wildman–Crippen MR) is 58.9 cm³/mol. The van der Waals surface area contributed by atoms with Gasteiger partial charge in [0.1, 0.15) is 0 Å². The minimum Gasteiger partial charge on any atom is -0.461 e. The van der Waals surface area contributed by atoms with E-state index in [-0.39, 0.29) is 12.4 Å². The van der Waals surface area contributed by atoms with E-state index in [0.29, 0.717) is 0 Å². The number of ether oxygens (including phenoxy) is 1. The van der Waals surface area contributed by atoms with Crippen molar-refractivity contribution in [3.63, 3.8) is 0 Å². The van der Waals surface area contributed by atoms with Gasteiger partial charge in [-0.05, 0) is 6.92 Å². The van der Waals surface area contributed by atoms with Crippen LogP contribution in [0.2, 0.25) is 0 Å². The zero-order valence-corrected chi connectivity index (χ0v) is 10.9. The molecular formula is C9H15F2NO5S. The van der Waals surface area contributed by atoms with Crippen LogP contribution < -0.4 is 5.32 Å². The van der Waals surface area contributed by atoms with Gasteiger partial charge in [-0.1, -0.05) is 6.92 Å². The Kier molecular flexibility index (Phi) is 6.16. The van der Waals surface area contributed by atoms with Crippen molar-refractivity contribution in [1.29, 1.82) is 0 Å². The van der Waals surface area contributed by atoms with Crippen molar-refractivity contribution in [2.24, 2.45) is 0 Å². The van der Waals surface area contributed by atoms with Crippen molar-refractivity contribution >= 4 is 21.7 Å². The molecule has 0 aromatic rings. The molecule has 9 heteroatoms. The summed E-state index contributed by atoms with van der Waals surface area (Å²) >= 11 is 0. The van der Waals surface area contributed by atoms with E-state index in [9.17, 15) is 26.8 Å². The fourth-order valence-corrected chi connectivity index (χ4v) is 1.59. The van der Waals surface area contributed by atoms with E-state index < -0.39 is 39.9 Å². The maximum absolute atomic E-state index is 13.1. The van der Waals surface area contributed by atoms with Gasteiger partial charge in [-0.3, -0.25) is 4.79 Å². The number of carbonyl (C=O) groups is 2. The summed E-state index contributed by atoms with van der Waals surface area (Å²) in [6, 6.07) is 0. The second-order valence-corrected chi connectivity index (χ2v) is 5.76. The normalized spacial score (nSPS) is 12.0. The van der Waals surface area contributed by atoms with Gasteiger partial charge in [0, 0.05) is 12.3 Å². The number of esters is 1. The summed E-state index contributed by atoms with van der Waals surface area (Å²) in [5.41, 5.74) is 0. The van der Waals surface area contributed by atoms with E-state index in [4.69, 9.17) is 0 Å². The highest BCUT2D eigenvalue weighted by atomic mass is 32.2. The average molecular weight is 287 g/mol. The number of hydrogen-bond acceptors (Lipinski definition) is 5. The van der Waals surface area contributed by atoms with E-state index in [1.54, 1.807) is 5.32 Å².